The number of ketones is 1. The van der Waals surface area contributed by atoms with Gasteiger partial charge in [0, 0.05) is 54.9 Å². The Bertz CT molecular complexity index is 1470. The zero-order valence-corrected chi connectivity index (χ0v) is 21.6. The molecule has 2 aliphatic rings. The van der Waals surface area contributed by atoms with Crippen molar-refractivity contribution in [3.05, 3.63) is 95.7 Å². The van der Waals surface area contributed by atoms with Gasteiger partial charge in [0.2, 0.25) is 5.91 Å². The van der Waals surface area contributed by atoms with Crippen LogP contribution >= 0.6 is 0 Å². The third kappa shape index (κ3) is 4.72. The Morgan fingerprint density at radius 1 is 0.895 bits per heavy atom. The van der Waals surface area contributed by atoms with Gasteiger partial charge in [-0.05, 0) is 49.1 Å². The molecule has 3 aromatic carbocycles. The lowest BCUT2D eigenvalue weighted by Crippen LogP contribution is -2.46. The zero-order chi connectivity index (χ0) is 26.1. The lowest BCUT2D eigenvalue weighted by molar-refractivity contribution is -0.118. The summed E-state index contributed by atoms with van der Waals surface area (Å²) in [7, 11) is 0. The predicted molar refractivity (Wildman–Crippen MR) is 150 cm³/mol. The molecule has 6 heteroatoms. The standard InChI is InChI=1S/C32H33N3O3/c36-29-13-6-11-26-27(30(37)20-23-8-2-1-3-9-23)22-34(32(26)29)17-7-16-33-18-14-25(15-19-33)35-28-12-5-4-10-24(28)21-31(35)38/h1-6,8-13,22,25,36H,7,14-21H2. The van der Waals surface area contributed by atoms with Crippen molar-refractivity contribution in [3.63, 3.8) is 0 Å². The van der Waals surface area contributed by atoms with Crippen LogP contribution in [0.4, 0.5) is 5.69 Å². The minimum atomic E-state index is 0.0608. The second-order valence-electron chi connectivity index (χ2n) is 10.5. The molecule has 0 bridgehead atoms. The molecule has 6 rings (SSSR count). The van der Waals surface area contributed by atoms with E-state index in [0.717, 1.165) is 73.2 Å². The summed E-state index contributed by atoms with van der Waals surface area (Å²) >= 11 is 0. The molecule has 0 unspecified atom stereocenters. The van der Waals surface area contributed by atoms with Gasteiger partial charge >= 0.3 is 0 Å². The van der Waals surface area contributed by atoms with E-state index in [1.807, 2.05) is 64.2 Å². The molecule has 0 saturated carbocycles. The number of phenolic OH excluding ortho intramolecular Hbond substituents is 1. The number of carbonyl (C=O) groups excluding carboxylic acids is 2. The van der Waals surface area contributed by atoms with Crippen molar-refractivity contribution < 1.29 is 14.7 Å². The monoisotopic (exact) mass is 507 g/mol. The second-order valence-corrected chi connectivity index (χ2v) is 10.5. The van der Waals surface area contributed by atoms with Crippen LogP contribution in [0.5, 0.6) is 5.75 Å². The number of carbonyl (C=O) groups is 2. The number of aromatic hydroxyl groups is 1. The van der Waals surface area contributed by atoms with Gasteiger partial charge in [0.1, 0.15) is 5.75 Å². The van der Waals surface area contributed by atoms with Crippen molar-refractivity contribution >= 4 is 28.3 Å². The molecule has 0 atom stereocenters. The molecule has 38 heavy (non-hydrogen) atoms. The first-order chi connectivity index (χ1) is 18.6. The molecule has 4 aromatic rings. The number of rotatable bonds is 8. The normalized spacial score (nSPS) is 16.3. The minimum Gasteiger partial charge on any atom is -0.506 e. The number of aryl methyl sites for hydroxylation is 1. The fourth-order valence-corrected chi connectivity index (χ4v) is 6.16. The Morgan fingerprint density at radius 3 is 2.47 bits per heavy atom. The highest BCUT2D eigenvalue weighted by Gasteiger charge is 2.34. The Hall–Kier alpha value is -3.90. The Kier molecular flexibility index (Phi) is 6.73. The SMILES string of the molecule is O=C(Cc1ccccc1)c1cn(CCCN2CCC(N3C(=O)Cc4ccccc43)CC2)c2c(O)cccc12. The molecule has 1 fully saturated rings. The van der Waals surface area contributed by atoms with Crippen LogP contribution < -0.4 is 4.90 Å². The van der Waals surface area contributed by atoms with Crippen LogP contribution in [0.1, 0.15) is 40.7 Å². The number of hydrogen-bond donors (Lipinski definition) is 1. The highest BCUT2D eigenvalue weighted by Crippen LogP contribution is 2.34. The number of anilines is 1. The first kappa shape index (κ1) is 24.4. The predicted octanol–water partition coefficient (Wildman–Crippen LogP) is 5.22. The van der Waals surface area contributed by atoms with E-state index in [-0.39, 0.29) is 23.5 Å². The van der Waals surface area contributed by atoms with Crippen LogP contribution in [0.15, 0.2) is 79.0 Å². The molecule has 2 aliphatic heterocycles. The molecule has 0 aliphatic carbocycles. The molecule has 0 spiro atoms. The molecular weight excluding hydrogens is 474 g/mol. The number of aromatic nitrogens is 1. The first-order valence-electron chi connectivity index (χ1n) is 13.6. The zero-order valence-electron chi connectivity index (χ0n) is 21.6. The fraction of sp³-hybridized carbons (Fsp3) is 0.312. The summed E-state index contributed by atoms with van der Waals surface area (Å²) in [5, 5.41) is 11.4. The van der Waals surface area contributed by atoms with Gasteiger partial charge in [-0.1, -0.05) is 60.7 Å². The van der Waals surface area contributed by atoms with E-state index in [9.17, 15) is 14.7 Å². The molecule has 1 amide bonds. The molecule has 1 aromatic heterocycles. The number of Topliss-reactive ketones (excluding diaryl/α,β-unsaturated/α-hetero) is 1. The highest BCUT2D eigenvalue weighted by atomic mass is 16.3. The average Bonchev–Trinajstić information content (AvgIpc) is 3.48. The fourth-order valence-electron chi connectivity index (χ4n) is 6.16. The summed E-state index contributed by atoms with van der Waals surface area (Å²) in [5.74, 6) is 0.491. The van der Waals surface area contributed by atoms with Crippen LogP contribution in [0.25, 0.3) is 10.9 Å². The Labute approximate surface area is 223 Å². The number of nitrogens with zero attached hydrogens (tertiary/aromatic N) is 3. The maximum absolute atomic E-state index is 13.2. The van der Waals surface area contributed by atoms with Crippen molar-refractivity contribution in [2.45, 2.75) is 44.7 Å². The summed E-state index contributed by atoms with van der Waals surface area (Å²) < 4.78 is 2.04. The number of benzene rings is 3. The number of hydrogen-bond acceptors (Lipinski definition) is 4. The van der Waals surface area contributed by atoms with Gasteiger partial charge in [0.05, 0.1) is 11.9 Å². The van der Waals surface area contributed by atoms with Crippen LogP contribution in [0.3, 0.4) is 0 Å². The lowest BCUT2D eigenvalue weighted by Gasteiger charge is -2.37. The summed E-state index contributed by atoms with van der Waals surface area (Å²) in [4.78, 5) is 30.4. The smallest absolute Gasteiger partial charge is 0.231 e. The molecule has 1 saturated heterocycles. The van der Waals surface area contributed by atoms with Gasteiger partial charge < -0.3 is 19.5 Å². The number of para-hydroxylation sites is 2. The minimum absolute atomic E-state index is 0.0608. The quantitative estimate of drug-likeness (QED) is 0.332. The van der Waals surface area contributed by atoms with Crippen LogP contribution in [0, 0.1) is 0 Å². The average molecular weight is 508 g/mol. The van der Waals surface area contributed by atoms with E-state index in [1.54, 1.807) is 12.1 Å². The topological polar surface area (TPSA) is 65.8 Å². The highest BCUT2D eigenvalue weighted by molar-refractivity contribution is 6.10. The van der Waals surface area contributed by atoms with Crippen molar-refractivity contribution in [2.24, 2.45) is 0 Å². The third-order valence-electron chi connectivity index (χ3n) is 8.04. The van der Waals surface area contributed by atoms with Crippen molar-refractivity contribution in [1.82, 2.24) is 9.47 Å². The van der Waals surface area contributed by atoms with Gasteiger partial charge in [-0.2, -0.15) is 0 Å². The molecule has 0 radical (unpaired) electrons. The van der Waals surface area contributed by atoms with Crippen LogP contribution in [-0.2, 0) is 24.2 Å². The molecule has 194 valence electrons. The van der Waals surface area contributed by atoms with Crippen LogP contribution in [0.2, 0.25) is 0 Å². The van der Waals surface area contributed by atoms with E-state index in [2.05, 4.69) is 17.0 Å². The summed E-state index contributed by atoms with van der Waals surface area (Å²) in [6.07, 6.45) is 5.65. The second kappa shape index (κ2) is 10.5. The largest absolute Gasteiger partial charge is 0.506 e. The van der Waals surface area contributed by atoms with E-state index < -0.39 is 0 Å². The van der Waals surface area contributed by atoms with Crippen molar-refractivity contribution in [2.75, 3.05) is 24.5 Å². The molecule has 1 N–H and O–H groups in total. The maximum atomic E-state index is 13.2. The van der Waals surface area contributed by atoms with Gasteiger partial charge in [-0.25, -0.2) is 0 Å². The van der Waals surface area contributed by atoms with Gasteiger partial charge in [-0.15, -0.1) is 0 Å². The van der Waals surface area contributed by atoms with Gasteiger partial charge in [0.15, 0.2) is 5.78 Å². The first-order valence-corrected chi connectivity index (χ1v) is 13.6. The molecule has 3 heterocycles. The number of amides is 1. The number of likely N-dealkylation sites (tertiary alicyclic amines) is 1. The van der Waals surface area contributed by atoms with Gasteiger partial charge in [0.25, 0.3) is 0 Å². The summed E-state index contributed by atoms with van der Waals surface area (Å²) in [5.41, 5.74) is 4.61. The number of phenols is 1. The number of piperidine rings is 1. The molecule has 6 nitrogen and oxygen atoms in total. The van der Waals surface area contributed by atoms with Crippen molar-refractivity contribution in [1.29, 1.82) is 0 Å². The third-order valence-corrected chi connectivity index (χ3v) is 8.04. The van der Waals surface area contributed by atoms with Gasteiger partial charge in [-0.3, -0.25) is 9.59 Å². The van der Waals surface area contributed by atoms with E-state index in [4.69, 9.17) is 0 Å². The van der Waals surface area contributed by atoms with Crippen LogP contribution in [-0.4, -0.2) is 51.9 Å². The Morgan fingerprint density at radius 2 is 1.66 bits per heavy atom. The van der Waals surface area contributed by atoms with E-state index >= 15 is 0 Å². The van der Waals surface area contributed by atoms with E-state index in [0.29, 0.717) is 18.4 Å². The number of fused-ring (bicyclic) bond motifs is 2. The summed E-state index contributed by atoms with van der Waals surface area (Å²) in [6.45, 7) is 3.60. The van der Waals surface area contributed by atoms with E-state index in [1.165, 1.54) is 0 Å². The summed E-state index contributed by atoms with van der Waals surface area (Å²) in [6, 6.07) is 23.6. The van der Waals surface area contributed by atoms with Crippen molar-refractivity contribution in [3.8, 4) is 5.75 Å². The Balaban J connectivity index is 1.09. The molecular formula is C32H33N3O3. The maximum Gasteiger partial charge on any atom is 0.231 e. The lowest BCUT2D eigenvalue weighted by atomic mass is 10.0.